The Morgan fingerprint density at radius 2 is 1.92 bits per heavy atom. The highest BCUT2D eigenvalue weighted by molar-refractivity contribution is 5.79. The first-order chi connectivity index (χ1) is 12.8. The SMILES string of the molecule is Fc1ccc2c(C3CCN(CC4CCc5ccccc54)CC3)noc2c1. The summed E-state index contributed by atoms with van der Waals surface area (Å²) in [4.78, 5) is 2.60. The van der Waals surface area contributed by atoms with Gasteiger partial charge in [-0.15, -0.1) is 0 Å². The molecule has 1 aliphatic carbocycles. The van der Waals surface area contributed by atoms with E-state index in [-0.39, 0.29) is 5.82 Å². The molecule has 1 saturated heterocycles. The average Bonchev–Trinajstić information content (AvgIpc) is 3.27. The molecule has 1 aromatic heterocycles. The lowest BCUT2D eigenvalue weighted by molar-refractivity contribution is 0.197. The summed E-state index contributed by atoms with van der Waals surface area (Å²) in [5.74, 6) is 0.819. The quantitative estimate of drug-likeness (QED) is 0.674. The molecule has 1 aliphatic heterocycles. The first kappa shape index (κ1) is 16.0. The van der Waals surface area contributed by atoms with E-state index < -0.39 is 0 Å². The van der Waals surface area contributed by atoms with E-state index in [0.29, 0.717) is 17.4 Å². The summed E-state index contributed by atoms with van der Waals surface area (Å²) in [6, 6.07) is 13.6. The molecule has 0 N–H and O–H groups in total. The van der Waals surface area contributed by atoms with E-state index in [4.69, 9.17) is 4.52 Å². The number of likely N-dealkylation sites (tertiary alicyclic amines) is 1. The molecule has 26 heavy (non-hydrogen) atoms. The number of hydrogen-bond acceptors (Lipinski definition) is 3. The van der Waals surface area contributed by atoms with E-state index in [1.54, 1.807) is 11.6 Å². The van der Waals surface area contributed by atoms with Crippen LogP contribution in [0.5, 0.6) is 0 Å². The van der Waals surface area contributed by atoms with Gasteiger partial charge in [0.25, 0.3) is 0 Å². The summed E-state index contributed by atoms with van der Waals surface area (Å²) in [5, 5.41) is 5.23. The monoisotopic (exact) mass is 350 g/mol. The van der Waals surface area contributed by atoms with Crippen molar-refractivity contribution in [2.45, 2.75) is 37.5 Å². The normalized spacial score (nSPS) is 21.3. The number of piperidine rings is 1. The van der Waals surface area contributed by atoms with Crippen LogP contribution in [0.3, 0.4) is 0 Å². The maximum Gasteiger partial charge on any atom is 0.170 e. The third kappa shape index (κ3) is 2.82. The van der Waals surface area contributed by atoms with Crippen molar-refractivity contribution in [2.24, 2.45) is 0 Å². The molecule has 3 aromatic rings. The second-order valence-corrected chi connectivity index (χ2v) is 7.72. The van der Waals surface area contributed by atoms with E-state index in [1.807, 2.05) is 0 Å². The van der Waals surface area contributed by atoms with Crippen LogP contribution in [-0.4, -0.2) is 29.7 Å². The second kappa shape index (κ2) is 6.51. The number of fused-ring (bicyclic) bond motifs is 2. The van der Waals surface area contributed by atoms with Gasteiger partial charge in [0.15, 0.2) is 5.58 Å². The van der Waals surface area contributed by atoms with Crippen LogP contribution in [0.2, 0.25) is 0 Å². The molecule has 1 unspecified atom stereocenters. The van der Waals surface area contributed by atoms with Gasteiger partial charge < -0.3 is 9.42 Å². The first-order valence-electron chi connectivity index (χ1n) is 9.63. The minimum atomic E-state index is -0.271. The van der Waals surface area contributed by atoms with E-state index >= 15 is 0 Å². The molecule has 2 aliphatic rings. The van der Waals surface area contributed by atoms with Gasteiger partial charge in [0.2, 0.25) is 0 Å². The molecule has 2 heterocycles. The number of nitrogens with zero attached hydrogens (tertiary/aromatic N) is 2. The van der Waals surface area contributed by atoms with Gasteiger partial charge in [-0.2, -0.15) is 0 Å². The van der Waals surface area contributed by atoms with Gasteiger partial charge in [0, 0.05) is 23.9 Å². The Hall–Kier alpha value is -2.20. The molecule has 0 radical (unpaired) electrons. The number of rotatable bonds is 3. The lowest BCUT2D eigenvalue weighted by Gasteiger charge is -2.33. The fourth-order valence-corrected chi connectivity index (χ4v) is 4.76. The average molecular weight is 350 g/mol. The van der Waals surface area contributed by atoms with Crippen molar-refractivity contribution in [1.82, 2.24) is 10.1 Å². The van der Waals surface area contributed by atoms with Crippen molar-refractivity contribution in [3.8, 4) is 0 Å². The molecule has 3 nitrogen and oxygen atoms in total. The standard InChI is InChI=1S/C22H23FN2O/c23-18-7-8-20-21(13-18)26-24-22(20)16-9-11-25(12-10-16)14-17-6-5-15-3-1-2-4-19(15)17/h1-4,7-8,13,16-17H,5-6,9-12,14H2. The number of aryl methyl sites for hydroxylation is 1. The minimum Gasteiger partial charge on any atom is -0.356 e. The Bertz CT molecular complexity index is 927. The number of halogens is 1. The van der Waals surface area contributed by atoms with Gasteiger partial charge in [-0.1, -0.05) is 29.4 Å². The van der Waals surface area contributed by atoms with Crippen LogP contribution in [0.15, 0.2) is 47.0 Å². The van der Waals surface area contributed by atoms with Crippen LogP contribution < -0.4 is 0 Å². The fraction of sp³-hybridized carbons (Fsp3) is 0.409. The van der Waals surface area contributed by atoms with Crippen molar-refractivity contribution in [1.29, 1.82) is 0 Å². The highest BCUT2D eigenvalue weighted by atomic mass is 19.1. The Labute approximate surface area is 152 Å². The molecule has 0 spiro atoms. The Balaban J connectivity index is 1.25. The topological polar surface area (TPSA) is 29.3 Å². The largest absolute Gasteiger partial charge is 0.356 e. The Morgan fingerprint density at radius 3 is 2.81 bits per heavy atom. The molecular weight excluding hydrogens is 327 g/mol. The Morgan fingerprint density at radius 1 is 1.08 bits per heavy atom. The maximum atomic E-state index is 13.3. The van der Waals surface area contributed by atoms with Crippen LogP contribution in [0.25, 0.3) is 11.0 Å². The third-order valence-corrected chi connectivity index (χ3v) is 6.17. The zero-order valence-corrected chi connectivity index (χ0v) is 14.8. The van der Waals surface area contributed by atoms with Crippen molar-refractivity contribution >= 4 is 11.0 Å². The van der Waals surface area contributed by atoms with Crippen molar-refractivity contribution in [3.63, 3.8) is 0 Å². The zero-order chi connectivity index (χ0) is 17.5. The smallest absolute Gasteiger partial charge is 0.170 e. The lowest BCUT2D eigenvalue weighted by Crippen LogP contribution is -2.35. The lowest BCUT2D eigenvalue weighted by atomic mass is 9.90. The van der Waals surface area contributed by atoms with Gasteiger partial charge >= 0.3 is 0 Å². The van der Waals surface area contributed by atoms with Crippen LogP contribution >= 0.6 is 0 Å². The summed E-state index contributed by atoms with van der Waals surface area (Å²) in [5.41, 5.74) is 4.66. The third-order valence-electron chi connectivity index (χ3n) is 6.17. The summed E-state index contributed by atoms with van der Waals surface area (Å²) in [6.07, 6.45) is 4.68. The molecule has 2 aromatic carbocycles. The van der Waals surface area contributed by atoms with E-state index in [9.17, 15) is 4.39 Å². The van der Waals surface area contributed by atoms with Crippen molar-refractivity contribution < 1.29 is 8.91 Å². The van der Waals surface area contributed by atoms with E-state index in [2.05, 4.69) is 34.3 Å². The van der Waals surface area contributed by atoms with Gasteiger partial charge in [-0.3, -0.25) is 0 Å². The molecule has 0 bridgehead atoms. The van der Waals surface area contributed by atoms with Gasteiger partial charge in [-0.05, 0) is 68.0 Å². The molecule has 1 atom stereocenters. The van der Waals surface area contributed by atoms with Crippen molar-refractivity contribution in [2.75, 3.05) is 19.6 Å². The van der Waals surface area contributed by atoms with Crippen LogP contribution in [0, 0.1) is 5.82 Å². The van der Waals surface area contributed by atoms with Gasteiger partial charge in [-0.25, -0.2) is 4.39 Å². The van der Waals surface area contributed by atoms with Crippen molar-refractivity contribution in [3.05, 3.63) is 65.1 Å². The Kier molecular flexibility index (Phi) is 4.01. The molecule has 5 rings (SSSR count). The summed E-state index contributed by atoms with van der Waals surface area (Å²) in [7, 11) is 0. The summed E-state index contributed by atoms with van der Waals surface area (Å²) >= 11 is 0. The van der Waals surface area contributed by atoms with Crippen LogP contribution in [0.1, 0.15) is 47.9 Å². The predicted octanol–water partition coefficient (Wildman–Crippen LogP) is 4.88. The predicted molar refractivity (Wildman–Crippen MR) is 99.9 cm³/mol. The number of benzene rings is 2. The number of hydrogen-bond donors (Lipinski definition) is 0. The van der Waals surface area contributed by atoms with Gasteiger partial charge in [0.1, 0.15) is 5.82 Å². The summed E-state index contributed by atoms with van der Waals surface area (Å²) in [6.45, 7) is 3.35. The molecule has 4 heteroatoms. The van der Waals surface area contributed by atoms with E-state index in [1.165, 1.54) is 30.5 Å². The summed E-state index contributed by atoms with van der Waals surface area (Å²) < 4.78 is 18.7. The first-order valence-corrected chi connectivity index (χ1v) is 9.63. The highest BCUT2D eigenvalue weighted by Crippen LogP contribution is 2.36. The van der Waals surface area contributed by atoms with Crippen LogP contribution in [-0.2, 0) is 6.42 Å². The molecular formula is C22H23FN2O. The minimum absolute atomic E-state index is 0.271. The molecule has 1 fully saturated rings. The molecule has 0 amide bonds. The zero-order valence-electron chi connectivity index (χ0n) is 14.8. The van der Waals surface area contributed by atoms with Gasteiger partial charge in [0.05, 0.1) is 5.69 Å². The van der Waals surface area contributed by atoms with E-state index in [0.717, 1.165) is 43.6 Å². The van der Waals surface area contributed by atoms with Crippen LogP contribution in [0.4, 0.5) is 4.39 Å². The molecule has 0 saturated carbocycles. The molecule has 134 valence electrons. The maximum absolute atomic E-state index is 13.3. The highest BCUT2D eigenvalue weighted by Gasteiger charge is 2.28. The second-order valence-electron chi connectivity index (χ2n) is 7.72. The number of aromatic nitrogens is 1. The fourth-order valence-electron chi connectivity index (χ4n) is 4.76.